The summed E-state index contributed by atoms with van der Waals surface area (Å²) < 4.78 is 1.98. The van der Waals surface area contributed by atoms with E-state index < -0.39 is 0 Å². The maximum Gasteiger partial charge on any atom is 0.165 e. The van der Waals surface area contributed by atoms with Gasteiger partial charge < -0.3 is 16.0 Å². The maximum absolute atomic E-state index is 5.73. The van der Waals surface area contributed by atoms with Crippen LogP contribution >= 0.6 is 0 Å². The number of hydrogen-bond donors (Lipinski definition) is 2. The molecule has 0 fully saturated rings. The van der Waals surface area contributed by atoms with Gasteiger partial charge in [-0.3, -0.25) is 0 Å². The molecule has 6 nitrogen and oxygen atoms in total. The second-order valence-corrected chi connectivity index (χ2v) is 3.63. The fourth-order valence-electron chi connectivity index (χ4n) is 1.66. The summed E-state index contributed by atoms with van der Waals surface area (Å²) in [5.41, 5.74) is 12.7. The first-order chi connectivity index (χ1) is 7.15. The van der Waals surface area contributed by atoms with Gasteiger partial charge in [-0.2, -0.15) is 0 Å². The third-order valence-electron chi connectivity index (χ3n) is 2.28. The minimum Gasteiger partial charge on any atom is -0.382 e. The van der Waals surface area contributed by atoms with Crippen LogP contribution in [0.5, 0.6) is 0 Å². The van der Waals surface area contributed by atoms with Crippen LogP contribution in [0.1, 0.15) is 25.7 Å². The van der Waals surface area contributed by atoms with Gasteiger partial charge in [0.25, 0.3) is 0 Å². The molecule has 6 heteroatoms. The number of nitrogens with zero attached hydrogens (tertiary/aromatic N) is 4. The molecule has 0 unspecified atom stereocenters. The highest BCUT2D eigenvalue weighted by atomic mass is 15.2. The van der Waals surface area contributed by atoms with Crippen molar-refractivity contribution in [3.05, 3.63) is 12.2 Å². The van der Waals surface area contributed by atoms with Gasteiger partial charge in [-0.05, 0) is 13.8 Å². The Kier molecular flexibility index (Phi) is 2.28. The van der Waals surface area contributed by atoms with Gasteiger partial charge in [-0.25, -0.2) is 15.0 Å². The molecule has 2 heterocycles. The van der Waals surface area contributed by atoms with Crippen LogP contribution < -0.4 is 11.5 Å². The van der Waals surface area contributed by atoms with Crippen LogP contribution in [-0.2, 0) is 6.54 Å². The molecule has 80 valence electrons. The lowest BCUT2D eigenvalue weighted by Gasteiger charge is -2.10. The van der Waals surface area contributed by atoms with Crippen LogP contribution in [0.15, 0.2) is 6.33 Å². The van der Waals surface area contributed by atoms with Crippen LogP contribution in [0.2, 0.25) is 0 Å². The topological polar surface area (TPSA) is 95.6 Å². The fourth-order valence-corrected chi connectivity index (χ4v) is 1.66. The quantitative estimate of drug-likeness (QED) is 0.743. The third kappa shape index (κ3) is 1.42. The number of nitrogens with two attached hydrogens (primary N) is 2. The zero-order valence-electron chi connectivity index (χ0n) is 8.81. The normalized spacial score (nSPS) is 11.5. The molecular formula is C9H14N6. The maximum atomic E-state index is 5.73. The number of rotatable bonds is 2. The zero-order valence-corrected chi connectivity index (χ0v) is 8.81. The predicted octanol–water partition coefficient (Wildman–Crippen LogP) is 0.448. The molecule has 2 aromatic rings. The first kappa shape index (κ1) is 9.85. The average Bonchev–Trinajstić information content (AvgIpc) is 2.57. The number of anilines is 1. The van der Waals surface area contributed by atoms with Crippen LogP contribution in [0.25, 0.3) is 11.2 Å². The standard InChI is InChI=1S/C9H14N6/c1-5(2)15-6(3-10)14-7-8(11)12-4-13-9(7)15/h4-5H,3,10H2,1-2H3,(H2,11,12,13). The molecule has 0 radical (unpaired) electrons. The molecule has 0 aliphatic rings. The van der Waals surface area contributed by atoms with Crippen molar-refractivity contribution in [1.29, 1.82) is 0 Å². The van der Waals surface area contributed by atoms with Crippen molar-refractivity contribution in [3.63, 3.8) is 0 Å². The number of nitrogen functional groups attached to an aromatic ring is 1. The van der Waals surface area contributed by atoms with E-state index in [-0.39, 0.29) is 6.04 Å². The fraction of sp³-hybridized carbons (Fsp3) is 0.444. The first-order valence-electron chi connectivity index (χ1n) is 4.82. The summed E-state index contributed by atoms with van der Waals surface area (Å²) >= 11 is 0. The molecule has 2 aromatic heterocycles. The summed E-state index contributed by atoms with van der Waals surface area (Å²) in [6, 6.07) is 0.253. The van der Waals surface area contributed by atoms with Gasteiger partial charge >= 0.3 is 0 Å². The van der Waals surface area contributed by atoms with E-state index in [4.69, 9.17) is 11.5 Å². The molecule has 15 heavy (non-hydrogen) atoms. The second kappa shape index (κ2) is 3.47. The molecule has 0 aromatic carbocycles. The highest BCUT2D eigenvalue weighted by Crippen LogP contribution is 2.21. The Balaban J connectivity index is 2.80. The van der Waals surface area contributed by atoms with Crippen LogP contribution in [0.4, 0.5) is 5.82 Å². The third-order valence-corrected chi connectivity index (χ3v) is 2.28. The largest absolute Gasteiger partial charge is 0.382 e. The van der Waals surface area contributed by atoms with Gasteiger partial charge in [-0.15, -0.1) is 0 Å². The van der Waals surface area contributed by atoms with Gasteiger partial charge in [0.1, 0.15) is 12.2 Å². The van der Waals surface area contributed by atoms with Crippen molar-refractivity contribution in [1.82, 2.24) is 19.5 Å². The molecule has 4 N–H and O–H groups in total. The molecule has 0 aliphatic heterocycles. The lowest BCUT2D eigenvalue weighted by atomic mass is 10.3. The van der Waals surface area contributed by atoms with Gasteiger partial charge in [0.15, 0.2) is 17.0 Å². The Morgan fingerprint density at radius 3 is 2.73 bits per heavy atom. The van der Waals surface area contributed by atoms with E-state index in [1.165, 1.54) is 6.33 Å². The highest BCUT2D eigenvalue weighted by Gasteiger charge is 2.15. The van der Waals surface area contributed by atoms with Gasteiger partial charge in [0.2, 0.25) is 0 Å². The number of fused-ring (bicyclic) bond motifs is 1. The van der Waals surface area contributed by atoms with E-state index in [0.29, 0.717) is 17.9 Å². The van der Waals surface area contributed by atoms with Crippen molar-refractivity contribution < 1.29 is 0 Å². The minimum absolute atomic E-state index is 0.253. The predicted molar refractivity (Wildman–Crippen MR) is 58.0 cm³/mol. The summed E-state index contributed by atoms with van der Waals surface area (Å²) in [5, 5.41) is 0. The number of aromatic nitrogens is 4. The SMILES string of the molecule is CC(C)n1c(CN)nc2c(N)ncnc21. The summed E-state index contributed by atoms with van der Waals surface area (Å²) in [6.45, 7) is 4.48. The number of imidazole rings is 1. The Hall–Kier alpha value is -1.69. The smallest absolute Gasteiger partial charge is 0.165 e. The van der Waals surface area contributed by atoms with Crippen molar-refractivity contribution in [2.75, 3.05) is 5.73 Å². The summed E-state index contributed by atoms with van der Waals surface area (Å²) in [5.74, 6) is 1.18. The van der Waals surface area contributed by atoms with E-state index >= 15 is 0 Å². The monoisotopic (exact) mass is 206 g/mol. The summed E-state index contributed by atoms with van der Waals surface area (Å²) in [6.07, 6.45) is 1.44. The Morgan fingerprint density at radius 1 is 1.40 bits per heavy atom. The highest BCUT2D eigenvalue weighted by molar-refractivity contribution is 5.81. The van der Waals surface area contributed by atoms with E-state index in [1.807, 2.05) is 4.57 Å². The van der Waals surface area contributed by atoms with Crippen LogP contribution in [0, 0.1) is 0 Å². The van der Waals surface area contributed by atoms with E-state index in [0.717, 1.165) is 11.5 Å². The molecule has 2 rings (SSSR count). The molecule has 0 aliphatic carbocycles. The van der Waals surface area contributed by atoms with Crippen molar-refractivity contribution in [2.24, 2.45) is 5.73 Å². The molecule has 0 saturated carbocycles. The van der Waals surface area contributed by atoms with Crippen LogP contribution in [-0.4, -0.2) is 19.5 Å². The minimum atomic E-state index is 0.253. The molecule has 0 atom stereocenters. The van der Waals surface area contributed by atoms with Crippen molar-refractivity contribution >= 4 is 17.0 Å². The zero-order chi connectivity index (χ0) is 11.0. The number of hydrogen-bond acceptors (Lipinski definition) is 5. The van der Waals surface area contributed by atoms with Gasteiger partial charge in [0, 0.05) is 6.04 Å². The Bertz CT molecular complexity index is 487. The molecule has 0 spiro atoms. The second-order valence-electron chi connectivity index (χ2n) is 3.63. The Morgan fingerprint density at radius 2 is 2.13 bits per heavy atom. The summed E-state index contributed by atoms with van der Waals surface area (Å²) in [4.78, 5) is 12.4. The molecule has 0 bridgehead atoms. The van der Waals surface area contributed by atoms with E-state index in [1.54, 1.807) is 0 Å². The van der Waals surface area contributed by atoms with E-state index in [2.05, 4.69) is 28.8 Å². The lowest BCUT2D eigenvalue weighted by Crippen LogP contribution is -2.10. The Labute approximate surface area is 87.3 Å². The molecule has 0 amide bonds. The first-order valence-corrected chi connectivity index (χ1v) is 4.82. The van der Waals surface area contributed by atoms with E-state index in [9.17, 15) is 0 Å². The summed E-state index contributed by atoms with van der Waals surface area (Å²) in [7, 11) is 0. The van der Waals surface area contributed by atoms with Crippen molar-refractivity contribution in [2.45, 2.75) is 26.4 Å². The van der Waals surface area contributed by atoms with Crippen molar-refractivity contribution in [3.8, 4) is 0 Å². The lowest BCUT2D eigenvalue weighted by molar-refractivity contribution is 0.581. The molecular weight excluding hydrogens is 192 g/mol. The van der Waals surface area contributed by atoms with Gasteiger partial charge in [0.05, 0.1) is 6.54 Å². The van der Waals surface area contributed by atoms with Gasteiger partial charge in [-0.1, -0.05) is 0 Å². The average molecular weight is 206 g/mol. The molecule has 0 saturated heterocycles. The van der Waals surface area contributed by atoms with Crippen LogP contribution in [0.3, 0.4) is 0 Å².